The predicted molar refractivity (Wildman–Crippen MR) is 70.0 cm³/mol. The molecule has 0 aliphatic rings. The fourth-order valence-electron chi connectivity index (χ4n) is 1.71. The second-order valence-corrected chi connectivity index (χ2v) is 6.36. The molecular weight excluding hydrogens is 240 g/mol. The molecule has 1 N–H and O–H groups in total. The van der Waals surface area contributed by atoms with Crippen LogP contribution in [0.4, 0.5) is 0 Å². The summed E-state index contributed by atoms with van der Waals surface area (Å²) in [6, 6.07) is -0.135. The second-order valence-electron chi connectivity index (χ2n) is 4.42. The molecule has 0 atom stereocenters. The molecule has 17 heavy (non-hydrogen) atoms. The maximum atomic E-state index is 12.4. The van der Waals surface area contributed by atoms with Gasteiger partial charge in [-0.05, 0) is 26.7 Å². The standard InChI is InChI=1S/C11H26N2O3S/c1-6-11(7-2)13(8-9-14)17(15,16)12(5)10(3)4/h10-11,14H,6-9H2,1-5H3. The zero-order chi connectivity index (χ0) is 13.6. The van der Waals surface area contributed by atoms with Gasteiger partial charge in [-0.15, -0.1) is 0 Å². The molecule has 0 aliphatic heterocycles. The third kappa shape index (κ3) is 4.21. The maximum absolute atomic E-state index is 12.4. The lowest BCUT2D eigenvalue weighted by Gasteiger charge is -2.34. The highest BCUT2D eigenvalue weighted by Gasteiger charge is 2.32. The van der Waals surface area contributed by atoms with Gasteiger partial charge >= 0.3 is 0 Å². The van der Waals surface area contributed by atoms with Crippen LogP contribution in [0.1, 0.15) is 40.5 Å². The Morgan fingerprint density at radius 2 is 1.65 bits per heavy atom. The van der Waals surface area contributed by atoms with Crippen molar-refractivity contribution >= 4 is 10.2 Å². The zero-order valence-electron chi connectivity index (χ0n) is 11.5. The minimum absolute atomic E-state index is 0.0478. The summed E-state index contributed by atoms with van der Waals surface area (Å²) in [4.78, 5) is 0. The minimum atomic E-state index is -3.48. The summed E-state index contributed by atoms with van der Waals surface area (Å²) in [5.74, 6) is 0. The lowest BCUT2D eigenvalue weighted by atomic mass is 10.2. The van der Waals surface area contributed by atoms with E-state index in [-0.39, 0.29) is 25.2 Å². The third-order valence-corrected chi connectivity index (χ3v) is 5.28. The molecule has 0 aromatic heterocycles. The minimum Gasteiger partial charge on any atom is -0.395 e. The molecule has 0 aromatic carbocycles. The molecule has 0 saturated heterocycles. The summed E-state index contributed by atoms with van der Waals surface area (Å²) in [6.45, 7) is 7.60. The van der Waals surface area contributed by atoms with E-state index in [9.17, 15) is 8.42 Å². The lowest BCUT2D eigenvalue weighted by Crippen LogP contribution is -2.50. The lowest BCUT2D eigenvalue weighted by molar-refractivity contribution is 0.207. The van der Waals surface area contributed by atoms with E-state index in [1.54, 1.807) is 7.05 Å². The topological polar surface area (TPSA) is 60.9 Å². The van der Waals surface area contributed by atoms with Gasteiger partial charge in [0.15, 0.2) is 0 Å². The Morgan fingerprint density at radius 3 is 1.94 bits per heavy atom. The summed E-state index contributed by atoms with van der Waals surface area (Å²) in [6.07, 6.45) is 1.50. The van der Waals surface area contributed by atoms with Crippen LogP contribution in [-0.2, 0) is 10.2 Å². The van der Waals surface area contributed by atoms with Crippen LogP contribution in [0, 0.1) is 0 Å². The summed E-state index contributed by atoms with van der Waals surface area (Å²) in [5.41, 5.74) is 0. The van der Waals surface area contributed by atoms with Crippen molar-refractivity contribution in [2.75, 3.05) is 20.2 Å². The first kappa shape index (κ1) is 16.8. The van der Waals surface area contributed by atoms with Gasteiger partial charge < -0.3 is 5.11 Å². The normalized spacial score (nSPS) is 13.3. The monoisotopic (exact) mass is 266 g/mol. The number of aliphatic hydroxyl groups excluding tert-OH is 1. The van der Waals surface area contributed by atoms with E-state index in [2.05, 4.69) is 0 Å². The average Bonchev–Trinajstić information content (AvgIpc) is 2.28. The summed E-state index contributed by atoms with van der Waals surface area (Å²) in [7, 11) is -1.90. The molecule has 5 nitrogen and oxygen atoms in total. The molecule has 0 fully saturated rings. The number of aliphatic hydroxyl groups is 1. The Kier molecular flexibility index (Phi) is 7.23. The largest absolute Gasteiger partial charge is 0.395 e. The first-order valence-electron chi connectivity index (χ1n) is 6.18. The van der Waals surface area contributed by atoms with Crippen molar-refractivity contribution in [1.82, 2.24) is 8.61 Å². The first-order chi connectivity index (χ1) is 7.82. The van der Waals surface area contributed by atoms with Crippen molar-refractivity contribution in [3.8, 4) is 0 Å². The van der Waals surface area contributed by atoms with Crippen LogP contribution in [0.2, 0.25) is 0 Å². The van der Waals surface area contributed by atoms with Gasteiger partial charge in [-0.3, -0.25) is 0 Å². The van der Waals surface area contributed by atoms with Crippen LogP contribution in [0.15, 0.2) is 0 Å². The molecule has 0 aromatic rings. The number of hydrogen-bond acceptors (Lipinski definition) is 3. The predicted octanol–water partition coefficient (Wildman–Crippen LogP) is 1.05. The van der Waals surface area contributed by atoms with Gasteiger partial charge in [0.2, 0.25) is 0 Å². The van der Waals surface area contributed by atoms with Crippen LogP contribution in [0.25, 0.3) is 0 Å². The van der Waals surface area contributed by atoms with E-state index in [1.807, 2.05) is 27.7 Å². The van der Waals surface area contributed by atoms with Gasteiger partial charge in [0.25, 0.3) is 10.2 Å². The van der Waals surface area contributed by atoms with E-state index in [4.69, 9.17) is 5.11 Å². The highest BCUT2D eigenvalue weighted by molar-refractivity contribution is 7.86. The molecule has 0 aliphatic carbocycles. The summed E-state index contributed by atoms with van der Waals surface area (Å²) >= 11 is 0. The Labute approximate surface area is 106 Å². The molecule has 0 spiro atoms. The number of nitrogens with zero attached hydrogens (tertiary/aromatic N) is 2. The van der Waals surface area contributed by atoms with Crippen molar-refractivity contribution in [3.05, 3.63) is 0 Å². The van der Waals surface area contributed by atoms with Crippen molar-refractivity contribution in [1.29, 1.82) is 0 Å². The molecule has 0 unspecified atom stereocenters. The fourth-order valence-corrected chi connectivity index (χ4v) is 3.56. The van der Waals surface area contributed by atoms with Crippen LogP contribution in [0.5, 0.6) is 0 Å². The zero-order valence-corrected chi connectivity index (χ0v) is 12.4. The molecule has 0 saturated carbocycles. The van der Waals surface area contributed by atoms with E-state index in [1.165, 1.54) is 8.61 Å². The van der Waals surface area contributed by atoms with Gasteiger partial charge in [0, 0.05) is 25.7 Å². The van der Waals surface area contributed by atoms with Gasteiger partial charge in [0.1, 0.15) is 0 Å². The average molecular weight is 266 g/mol. The number of rotatable bonds is 8. The second kappa shape index (κ2) is 7.31. The molecule has 0 radical (unpaired) electrons. The maximum Gasteiger partial charge on any atom is 0.282 e. The molecular formula is C11H26N2O3S. The van der Waals surface area contributed by atoms with E-state index in [0.717, 1.165) is 12.8 Å². The smallest absolute Gasteiger partial charge is 0.282 e. The molecule has 0 amide bonds. The van der Waals surface area contributed by atoms with Gasteiger partial charge in [-0.1, -0.05) is 13.8 Å². The highest BCUT2D eigenvalue weighted by Crippen LogP contribution is 2.17. The van der Waals surface area contributed by atoms with Gasteiger partial charge in [-0.2, -0.15) is 17.0 Å². The van der Waals surface area contributed by atoms with Crippen molar-refractivity contribution < 1.29 is 13.5 Å². The fraction of sp³-hybridized carbons (Fsp3) is 1.00. The van der Waals surface area contributed by atoms with Crippen molar-refractivity contribution in [2.45, 2.75) is 52.6 Å². The van der Waals surface area contributed by atoms with Crippen LogP contribution in [-0.4, -0.2) is 54.4 Å². The summed E-state index contributed by atoms with van der Waals surface area (Å²) in [5, 5.41) is 9.04. The highest BCUT2D eigenvalue weighted by atomic mass is 32.2. The van der Waals surface area contributed by atoms with E-state index >= 15 is 0 Å². The molecule has 104 valence electrons. The Hall–Kier alpha value is -0.170. The molecule has 0 heterocycles. The van der Waals surface area contributed by atoms with Gasteiger partial charge in [0.05, 0.1) is 6.61 Å². The van der Waals surface area contributed by atoms with Crippen molar-refractivity contribution in [2.24, 2.45) is 0 Å². The van der Waals surface area contributed by atoms with E-state index in [0.29, 0.717) is 0 Å². The van der Waals surface area contributed by atoms with Crippen molar-refractivity contribution in [3.63, 3.8) is 0 Å². The van der Waals surface area contributed by atoms with Crippen LogP contribution >= 0.6 is 0 Å². The molecule has 0 rings (SSSR count). The number of hydrogen-bond donors (Lipinski definition) is 1. The Balaban J connectivity index is 5.16. The van der Waals surface area contributed by atoms with Crippen LogP contribution < -0.4 is 0 Å². The Bertz CT molecular complexity index is 300. The molecule has 0 bridgehead atoms. The SMILES string of the molecule is CCC(CC)N(CCO)S(=O)(=O)N(C)C(C)C. The van der Waals surface area contributed by atoms with Gasteiger partial charge in [-0.25, -0.2) is 0 Å². The first-order valence-corrected chi connectivity index (χ1v) is 7.58. The van der Waals surface area contributed by atoms with Crippen LogP contribution in [0.3, 0.4) is 0 Å². The van der Waals surface area contributed by atoms with E-state index < -0.39 is 10.2 Å². The summed E-state index contributed by atoms with van der Waals surface area (Å²) < 4.78 is 27.5. The molecule has 6 heteroatoms. The third-order valence-electron chi connectivity index (χ3n) is 3.06. The Morgan fingerprint density at radius 1 is 1.18 bits per heavy atom. The quantitative estimate of drug-likeness (QED) is 0.714.